The molecule has 0 amide bonds. The van der Waals surface area contributed by atoms with Gasteiger partial charge in [0, 0.05) is 29.5 Å². The Hall–Kier alpha value is -4.19. The third kappa shape index (κ3) is 4.54. The summed E-state index contributed by atoms with van der Waals surface area (Å²) in [6.45, 7) is 2.87. The minimum Gasteiger partial charge on any atom is -0.468 e. The van der Waals surface area contributed by atoms with Crippen LogP contribution in [-0.2, 0) is 14.9 Å². The average molecular weight is 479 g/mol. The number of nitrogens with one attached hydrogen (secondary N) is 1. The van der Waals surface area contributed by atoms with Gasteiger partial charge in [0.1, 0.15) is 5.82 Å². The molecule has 6 heteroatoms. The lowest BCUT2D eigenvalue weighted by Gasteiger charge is -2.39. The lowest BCUT2D eigenvalue weighted by Crippen LogP contribution is -2.43. The van der Waals surface area contributed by atoms with Crippen molar-refractivity contribution in [3.05, 3.63) is 96.6 Å². The minimum atomic E-state index is -0.512. The van der Waals surface area contributed by atoms with Gasteiger partial charge in [0.15, 0.2) is 0 Å². The van der Waals surface area contributed by atoms with Gasteiger partial charge in [-0.2, -0.15) is 4.98 Å². The van der Waals surface area contributed by atoms with Gasteiger partial charge in [-0.05, 0) is 49.6 Å². The number of esters is 1. The summed E-state index contributed by atoms with van der Waals surface area (Å²) in [4.78, 5) is 24.3. The van der Waals surface area contributed by atoms with Gasteiger partial charge in [-0.25, -0.2) is 4.98 Å². The zero-order chi connectivity index (χ0) is 25.0. The maximum Gasteiger partial charge on any atom is 0.316 e. The van der Waals surface area contributed by atoms with Gasteiger partial charge in [0.25, 0.3) is 0 Å². The molecule has 1 aromatic heterocycles. The largest absolute Gasteiger partial charge is 0.468 e. The summed E-state index contributed by atoms with van der Waals surface area (Å²) in [5.41, 5.74) is 4.27. The quantitative estimate of drug-likeness (QED) is 0.286. The molecule has 0 radical (unpaired) electrons. The van der Waals surface area contributed by atoms with Crippen molar-refractivity contribution < 1.29 is 9.53 Å². The number of benzene rings is 3. The van der Waals surface area contributed by atoms with Crippen LogP contribution in [0.5, 0.6) is 0 Å². The fourth-order valence-corrected chi connectivity index (χ4v) is 4.81. The van der Waals surface area contributed by atoms with Crippen molar-refractivity contribution in [3.63, 3.8) is 0 Å². The van der Waals surface area contributed by atoms with Gasteiger partial charge < -0.3 is 15.0 Å². The van der Waals surface area contributed by atoms with E-state index in [1.54, 1.807) is 0 Å². The first-order chi connectivity index (χ1) is 17.6. The van der Waals surface area contributed by atoms with Crippen LogP contribution in [0.1, 0.15) is 31.7 Å². The predicted octanol–water partition coefficient (Wildman–Crippen LogP) is 6.64. The molecule has 1 saturated carbocycles. The van der Waals surface area contributed by atoms with Crippen LogP contribution in [0.2, 0.25) is 0 Å². The van der Waals surface area contributed by atoms with Crippen molar-refractivity contribution in [2.24, 2.45) is 0 Å². The summed E-state index contributed by atoms with van der Waals surface area (Å²) in [7, 11) is 1.46. The molecule has 4 aromatic rings. The molecule has 1 aliphatic carbocycles. The first kappa shape index (κ1) is 23.5. The average Bonchev–Trinajstić information content (AvgIpc) is 2.90. The molecule has 0 unspecified atom stereocenters. The zero-order valence-corrected chi connectivity index (χ0v) is 20.6. The van der Waals surface area contributed by atoms with E-state index in [1.165, 1.54) is 7.11 Å². The number of rotatable bonds is 8. The maximum atomic E-state index is 12.4. The van der Waals surface area contributed by atoms with Crippen molar-refractivity contribution in [2.75, 3.05) is 23.9 Å². The molecule has 0 saturated heterocycles. The second kappa shape index (κ2) is 10.2. The van der Waals surface area contributed by atoms with Gasteiger partial charge in [-0.3, -0.25) is 4.79 Å². The van der Waals surface area contributed by atoms with Crippen molar-refractivity contribution in [1.29, 1.82) is 0 Å². The van der Waals surface area contributed by atoms with Crippen LogP contribution in [0.4, 0.5) is 23.1 Å². The number of carbonyl (C=O) groups is 1. The number of aromatic nitrogens is 2. The van der Waals surface area contributed by atoms with Crippen LogP contribution in [-0.4, -0.2) is 29.6 Å². The maximum absolute atomic E-state index is 12.4. The first-order valence-corrected chi connectivity index (χ1v) is 12.4. The van der Waals surface area contributed by atoms with Crippen LogP contribution in [0, 0.1) is 0 Å². The molecule has 0 atom stereocenters. The molecule has 1 heterocycles. The smallest absolute Gasteiger partial charge is 0.316 e. The molecule has 36 heavy (non-hydrogen) atoms. The Labute approximate surface area is 212 Å². The second-order valence-corrected chi connectivity index (χ2v) is 9.01. The molecule has 5 rings (SSSR count). The summed E-state index contributed by atoms with van der Waals surface area (Å²) in [6.07, 6.45) is 2.68. The number of anilines is 4. The molecule has 1 N–H and O–H groups in total. The van der Waals surface area contributed by atoms with E-state index in [0.717, 1.165) is 59.8 Å². The lowest BCUT2D eigenvalue weighted by molar-refractivity contribution is -0.151. The van der Waals surface area contributed by atoms with Gasteiger partial charge in [0.2, 0.25) is 5.95 Å². The zero-order valence-electron chi connectivity index (χ0n) is 20.6. The van der Waals surface area contributed by atoms with Crippen molar-refractivity contribution in [1.82, 2.24) is 9.97 Å². The van der Waals surface area contributed by atoms with Gasteiger partial charge in [-0.15, -0.1) is 0 Å². The molecule has 0 spiro atoms. The number of para-hydroxylation sites is 1. The van der Waals surface area contributed by atoms with Crippen molar-refractivity contribution >= 4 is 29.1 Å². The standard InChI is InChI=1S/C30H30N4O2/c1-3-34(25-13-8-5-9-14-25)27-21-26(22-11-6-4-7-12-22)32-29(33-27)31-24-17-15-23(16-18-24)30(19-10-20-30)28(35)36-2/h4-9,11-18,21H,3,10,19-20H2,1-2H3,(H,31,32,33). The van der Waals surface area contributed by atoms with Gasteiger partial charge in [-0.1, -0.05) is 67.1 Å². The molecule has 6 nitrogen and oxygen atoms in total. The molecule has 3 aromatic carbocycles. The van der Waals surface area contributed by atoms with E-state index in [2.05, 4.69) is 29.3 Å². The highest BCUT2D eigenvalue weighted by Gasteiger charge is 2.46. The molecular weight excluding hydrogens is 448 g/mol. The lowest BCUT2D eigenvalue weighted by atomic mass is 9.64. The summed E-state index contributed by atoms with van der Waals surface area (Å²) >= 11 is 0. The van der Waals surface area contributed by atoms with Gasteiger partial charge >= 0.3 is 5.97 Å². The molecule has 0 aliphatic heterocycles. The normalized spacial score (nSPS) is 13.9. The van der Waals surface area contributed by atoms with E-state index in [0.29, 0.717) is 5.95 Å². The third-order valence-corrected chi connectivity index (χ3v) is 6.92. The van der Waals surface area contributed by atoms with Crippen LogP contribution < -0.4 is 10.2 Å². The first-order valence-electron chi connectivity index (χ1n) is 12.4. The molecule has 0 bridgehead atoms. The summed E-state index contributed by atoms with van der Waals surface area (Å²) in [5, 5.41) is 3.38. The molecule has 1 aliphatic rings. The van der Waals surface area contributed by atoms with E-state index >= 15 is 0 Å². The molecule has 1 fully saturated rings. The van der Waals surface area contributed by atoms with Crippen molar-refractivity contribution in [3.8, 4) is 11.3 Å². The highest BCUT2D eigenvalue weighted by Crippen LogP contribution is 2.45. The number of methoxy groups -OCH3 is 1. The Balaban J connectivity index is 1.49. The minimum absolute atomic E-state index is 0.154. The van der Waals surface area contributed by atoms with Gasteiger partial charge in [0.05, 0.1) is 18.2 Å². The second-order valence-electron chi connectivity index (χ2n) is 9.01. The Bertz CT molecular complexity index is 1320. The summed E-state index contributed by atoms with van der Waals surface area (Å²) in [6, 6.07) is 30.3. The predicted molar refractivity (Wildman–Crippen MR) is 144 cm³/mol. The Morgan fingerprint density at radius 1 is 0.944 bits per heavy atom. The van der Waals surface area contributed by atoms with E-state index in [4.69, 9.17) is 14.7 Å². The summed E-state index contributed by atoms with van der Waals surface area (Å²) < 4.78 is 5.10. The number of ether oxygens (including phenoxy) is 1. The number of carbonyl (C=O) groups excluding carboxylic acids is 1. The topological polar surface area (TPSA) is 67.4 Å². The highest BCUT2D eigenvalue weighted by molar-refractivity contribution is 5.84. The Kier molecular flexibility index (Phi) is 6.67. The third-order valence-electron chi connectivity index (χ3n) is 6.92. The highest BCUT2D eigenvalue weighted by atomic mass is 16.5. The fourth-order valence-electron chi connectivity index (χ4n) is 4.81. The van der Waals surface area contributed by atoms with Crippen LogP contribution in [0.25, 0.3) is 11.3 Å². The summed E-state index contributed by atoms with van der Waals surface area (Å²) in [5.74, 6) is 1.18. The number of nitrogens with zero attached hydrogens (tertiary/aromatic N) is 3. The van der Waals surface area contributed by atoms with Crippen LogP contribution >= 0.6 is 0 Å². The van der Waals surface area contributed by atoms with Crippen molar-refractivity contribution in [2.45, 2.75) is 31.6 Å². The molecular formula is C30H30N4O2. The number of hydrogen-bond donors (Lipinski definition) is 1. The van der Waals surface area contributed by atoms with Crippen LogP contribution in [0.15, 0.2) is 91.0 Å². The Morgan fingerprint density at radius 2 is 1.61 bits per heavy atom. The molecule has 182 valence electrons. The van der Waals surface area contributed by atoms with Crippen LogP contribution in [0.3, 0.4) is 0 Å². The SMILES string of the molecule is CCN(c1ccccc1)c1cc(-c2ccccc2)nc(Nc2ccc(C3(C(=O)OC)CCC3)cc2)n1. The van der Waals surface area contributed by atoms with E-state index in [9.17, 15) is 4.79 Å². The fraction of sp³-hybridized carbons (Fsp3) is 0.233. The van der Waals surface area contributed by atoms with E-state index < -0.39 is 5.41 Å². The van der Waals surface area contributed by atoms with E-state index in [1.807, 2.05) is 78.9 Å². The monoisotopic (exact) mass is 478 g/mol. The van der Waals surface area contributed by atoms with E-state index in [-0.39, 0.29) is 5.97 Å². The number of hydrogen-bond acceptors (Lipinski definition) is 6. The Morgan fingerprint density at radius 3 is 2.19 bits per heavy atom.